The highest BCUT2D eigenvalue weighted by atomic mass is 16.2. The van der Waals surface area contributed by atoms with E-state index in [2.05, 4.69) is 32.4 Å². The predicted octanol–water partition coefficient (Wildman–Crippen LogP) is 1.94. The van der Waals surface area contributed by atoms with E-state index in [0.29, 0.717) is 19.1 Å². The summed E-state index contributed by atoms with van der Waals surface area (Å²) in [5, 5.41) is 5.89. The molecule has 2 aromatic rings. The Morgan fingerprint density at radius 1 is 1.32 bits per heavy atom. The topological polar surface area (TPSA) is 75.1 Å². The van der Waals surface area contributed by atoms with Crippen molar-refractivity contribution in [1.29, 1.82) is 0 Å². The van der Waals surface area contributed by atoms with Gasteiger partial charge in [0.15, 0.2) is 0 Å². The minimum Gasteiger partial charge on any atom is -0.337 e. The van der Waals surface area contributed by atoms with Crippen LogP contribution in [0.4, 0.5) is 4.79 Å². The lowest BCUT2D eigenvalue weighted by Crippen LogP contribution is -2.48. The van der Waals surface area contributed by atoms with Crippen LogP contribution in [-0.4, -0.2) is 51.1 Å². The summed E-state index contributed by atoms with van der Waals surface area (Å²) in [6.45, 7) is 5.53. The van der Waals surface area contributed by atoms with Crippen molar-refractivity contribution in [3.8, 4) is 5.82 Å². The molecular weight excluding hydrogens is 316 g/mol. The number of likely N-dealkylation sites (N-methyl/N-ethyl adjacent to an activating group) is 1. The fraction of sp³-hybridized carbons (Fsp3) is 0.500. The van der Waals surface area contributed by atoms with Crippen LogP contribution >= 0.6 is 0 Å². The molecule has 1 fully saturated rings. The standard InChI is InChI=1S/C18H26N6O/c1-2-23-9-4-3-5-16(23)13-22-18(25)21-12-15-6-7-17(20-11-15)24-10-8-19-14-24/h6-8,10-11,14,16H,2-5,9,12-13H2,1H3,(H2,21,22,25). The van der Waals surface area contributed by atoms with E-state index in [1.54, 1.807) is 18.7 Å². The number of hydrogen-bond donors (Lipinski definition) is 2. The second-order valence-electron chi connectivity index (χ2n) is 6.34. The number of piperidine rings is 1. The summed E-state index contributed by atoms with van der Waals surface area (Å²) in [4.78, 5) is 22.9. The van der Waals surface area contributed by atoms with Crippen LogP contribution in [0.5, 0.6) is 0 Å². The maximum absolute atomic E-state index is 12.0. The molecule has 2 amide bonds. The molecule has 2 N–H and O–H groups in total. The van der Waals surface area contributed by atoms with Gasteiger partial charge in [-0.2, -0.15) is 0 Å². The number of nitrogens with one attached hydrogen (secondary N) is 2. The lowest BCUT2D eigenvalue weighted by Gasteiger charge is -2.34. The van der Waals surface area contributed by atoms with Crippen LogP contribution < -0.4 is 10.6 Å². The van der Waals surface area contributed by atoms with E-state index < -0.39 is 0 Å². The first-order valence-corrected chi connectivity index (χ1v) is 8.95. The maximum atomic E-state index is 12.0. The highest BCUT2D eigenvalue weighted by Gasteiger charge is 2.21. The Morgan fingerprint density at radius 2 is 2.24 bits per heavy atom. The highest BCUT2D eigenvalue weighted by molar-refractivity contribution is 5.73. The highest BCUT2D eigenvalue weighted by Crippen LogP contribution is 2.15. The van der Waals surface area contributed by atoms with Gasteiger partial charge in [0.1, 0.15) is 12.1 Å². The Hall–Kier alpha value is -2.41. The van der Waals surface area contributed by atoms with E-state index in [4.69, 9.17) is 0 Å². The molecule has 0 radical (unpaired) electrons. The average molecular weight is 342 g/mol. The third kappa shape index (κ3) is 4.79. The summed E-state index contributed by atoms with van der Waals surface area (Å²) in [5.41, 5.74) is 0.965. The molecule has 0 spiro atoms. The van der Waals surface area contributed by atoms with Crippen LogP contribution in [0.1, 0.15) is 31.7 Å². The van der Waals surface area contributed by atoms with Gasteiger partial charge in [-0.1, -0.05) is 19.4 Å². The molecule has 7 nitrogen and oxygen atoms in total. The fourth-order valence-corrected chi connectivity index (χ4v) is 3.23. The van der Waals surface area contributed by atoms with Crippen LogP contribution in [0, 0.1) is 0 Å². The Balaban J connectivity index is 1.43. The Labute approximate surface area is 148 Å². The molecule has 25 heavy (non-hydrogen) atoms. The van der Waals surface area contributed by atoms with Crippen LogP contribution in [0.15, 0.2) is 37.1 Å². The molecule has 0 aromatic carbocycles. The second kappa shape index (κ2) is 8.62. The van der Waals surface area contributed by atoms with Crippen LogP contribution in [-0.2, 0) is 6.54 Å². The molecule has 3 heterocycles. The quantitative estimate of drug-likeness (QED) is 0.841. The number of imidazole rings is 1. The molecule has 7 heteroatoms. The van der Waals surface area contributed by atoms with Gasteiger partial charge in [0.2, 0.25) is 0 Å². The van der Waals surface area contributed by atoms with E-state index in [1.165, 1.54) is 12.8 Å². The number of urea groups is 1. The SMILES string of the molecule is CCN1CCCCC1CNC(=O)NCc1ccc(-n2ccnc2)nc1. The maximum Gasteiger partial charge on any atom is 0.315 e. The molecule has 0 aliphatic carbocycles. The summed E-state index contributed by atoms with van der Waals surface area (Å²) >= 11 is 0. The van der Waals surface area contributed by atoms with Crippen molar-refractivity contribution >= 4 is 6.03 Å². The number of rotatable bonds is 6. The number of aromatic nitrogens is 3. The molecule has 134 valence electrons. The van der Waals surface area contributed by atoms with Gasteiger partial charge in [-0.15, -0.1) is 0 Å². The number of nitrogens with zero attached hydrogens (tertiary/aromatic N) is 4. The summed E-state index contributed by atoms with van der Waals surface area (Å²) in [5.74, 6) is 0.808. The van der Waals surface area contributed by atoms with Crippen LogP contribution in [0.2, 0.25) is 0 Å². The van der Waals surface area contributed by atoms with Crippen molar-refractivity contribution < 1.29 is 4.79 Å². The molecule has 1 unspecified atom stereocenters. The molecule has 1 aliphatic rings. The zero-order chi connectivity index (χ0) is 17.5. The molecule has 0 saturated carbocycles. The van der Waals surface area contributed by atoms with Gasteiger partial charge < -0.3 is 10.6 Å². The van der Waals surface area contributed by atoms with Gasteiger partial charge in [-0.25, -0.2) is 14.8 Å². The minimum absolute atomic E-state index is 0.125. The average Bonchev–Trinajstić information content (AvgIpc) is 3.20. The lowest BCUT2D eigenvalue weighted by molar-refractivity contribution is 0.153. The second-order valence-corrected chi connectivity index (χ2v) is 6.34. The Bertz CT molecular complexity index is 655. The monoisotopic (exact) mass is 342 g/mol. The third-order valence-corrected chi connectivity index (χ3v) is 4.68. The van der Waals surface area contributed by atoms with Crippen molar-refractivity contribution in [3.63, 3.8) is 0 Å². The first-order chi connectivity index (χ1) is 12.3. The van der Waals surface area contributed by atoms with Gasteiger partial charge >= 0.3 is 6.03 Å². The molecule has 1 aliphatic heterocycles. The van der Waals surface area contributed by atoms with Gasteiger partial charge in [0.05, 0.1) is 0 Å². The van der Waals surface area contributed by atoms with Crippen molar-refractivity contribution in [2.24, 2.45) is 0 Å². The predicted molar refractivity (Wildman–Crippen MR) is 96.5 cm³/mol. The van der Waals surface area contributed by atoms with Crippen molar-refractivity contribution in [1.82, 2.24) is 30.1 Å². The smallest absolute Gasteiger partial charge is 0.315 e. The number of hydrogen-bond acceptors (Lipinski definition) is 4. The van der Waals surface area contributed by atoms with Gasteiger partial charge in [-0.3, -0.25) is 9.47 Å². The molecule has 3 rings (SSSR count). The van der Waals surface area contributed by atoms with E-state index in [9.17, 15) is 4.79 Å². The minimum atomic E-state index is -0.125. The van der Waals surface area contributed by atoms with E-state index in [-0.39, 0.29) is 6.03 Å². The number of likely N-dealkylation sites (tertiary alicyclic amines) is 1. The largest absolute Gasteiger partial charge is 0.337 e. The Kier molecular flexibility index (Phi) is 6.00. The van der Waals surface area contributed by atoms with Crippen molar-refractivity contribution in [2.75, 3.05) is 19.6 Å². The van der Waals surface area contributed by atoms with E-state index in [1.807, 2.05) is 22.9 Å². The molecule has 1 atom stereocenters. The summed E-state index contributed by atoms with van der Waals surface area (Å²) in [6.07, 6.45) is 10.7. The molecule has 2 aromatic heterocycles. The zero-order valence-electron chi connectivity index (χ0n) is 14.7. The molecular formula is C18H26N6O. The first-order valence-electron chi connectivity index (χ1n) is 8.95. The number of carbonyl (C=O) groups excluding carboxylic acids is 1. The van der Waals surface area contributed by atoms with Crippen LogP contribution in [0.3, 0.4) is 0 Å². The summed E-state index contributed by atoms with van der Waals surface area (Å²) in [7, 11) is 0. The van der Waals surface area contributed by atoms with Gasteiger partial charge in [0.25, 0.3) is 0 Å². The molecule has 1 saturated heterocycles. The third-order valence-electron chi connectivity index (χ3n) is 4.68. The normalized spacial score (nSPS) is 18.0. The fourth-order valence-electron chi connectivity index (χ4n) is 3.23. The van der Waals surface area contributed by atoms with Gasteiger partial charge in [-0.05, 0) is 37.6 Å². The number of amides is 2. The van der Waals surface area contributed by atoms with Crippen molar-refractivity contribution in [3.05, 3.63) is 42.6 Å². The zero-order valence-corrected chi connectivity index (χ0v) is 14.7. The first kappa shape index (κ1) is 17.4. The van der Waals surface area contributed by atoms with Gasteiger partial charge in [0, 0.05) is 37.7 Å². The summed E-state index contributed by atoms with van der Waals surface area (Å²) < 4.78 is 1.84. The van der Waals surface area contributed by atoms with Crippen molar-refractivity contribution in [2.45, 2.75) is 38.8 Å². The molecule has 0 bridgehead atoms. The summed E-state index contributed by atoms with van der Waals surface area (Å²) in [6, 6.07) is 4.21. The Morgan fingerprint density at radius 3 is 2.96 bits per heavy atom. The van der Waals surface area contributed by atoms with E-state index >= 15 is 0 Å². The van der Waals surface area contributed by atoms with Crippen LogP contribution in [0.25, 0.3) is 5.82 Å². The number of pyridine rings is 1. The lowest BCUT2D eigenvalue weighted by atomic mass is 10.0. The van der Waals surface area contributed by atoms with E-state index in [0.717, 1.165) is 30.9 Å². The number of carbonyl (C=O) groups is 1.